The van der Waals surface area contributed by atoms with Crippen LogP contribution in [0.2, 0.25) is 0 Å². The zero-order valence-electron chi connectivity index (χ0n) is 14.1. The molecule has 0 saturated heterocycles. The molecule has 3 rings (SSSR count). The molecule has 7 nitrogen and oxygen atoms in total. The zero-order chi connectivity index (χ0) is 18.2. The van der Waals surface area contributed by atoms with Crippen LogP contribution in [0.25, 0.3) is 0 Å². The minimum atomic E-state index is -0.840. The number of aliphatic carboxylic acids is 1. The number of pyridine rings is 1. The molecule has 0 bridgehead atoms. The van der Waals surface area contributed by atoms with Crippen LogP contribution in [0.5, 0.6) is 0 Å². The van der Waals surface area contributed by atoms with Crippen molar-refractivity contribution < 1.29 is 9.90 Å². The van der Waals surface area contributed by atoms with Crippen molar-refractivity contribution in [1.82, 2.24) is 15.0 Å². The lowest BCUT2D eigenvalue weighted by Crippen LogP contribution is -2.03. The lowest BCUT2D eigenvalue weighted by atomic mass is 10.2. The van der Waals surface area contributed by atoms with Crippen molar-refractivity contribution in [3.63, 3.8) is 0 Å². The number of nitrogens with one attached hydrogen (secondary N) is 2. The fourth-order valence-corrected chi connectivity index (χ4v) is 2.33. The number of rotatable bonds is 8. The summed E-state index contributed by atoms with van der Waals surface area (Å²) >= 11 is 0. The van der Waals surface area contributed by atoms with Gasteiger partial charge in [0.15, 0.2) is 0 Å². The topological polar surface area (TPSA) is 100 Å². The molecule has 2 heterocycles. The van der Waals surface area contributed by atoms with E-state index in [9.17, 15) is 4.79 Å². The average Bonchev–Trinajstić information content (AvgIpc) is 2.67. The van der Waals surface area contributed by atoms with Crippen molar-refractivity contribution in [2.75, 3.05) is 10.6 Å². The molecule has 0 aliphatic carbocycles. The highest BCUT2D eigenvalue weighted by atomic mass is 16.4. The highest BCUT2D eigenvalue weighted by Gasteiger charge is 2.03. The number of aryl methyl sites for hydroxylation is 1. The Morgan fingerprint density at radius 1 is 1.00 bits per heavy atom. The summed E-state index contributed by atoms with van der Waals surface area (Å²) in [5.74, 6) is 0.446. The molecule has 26 heavy (non-hydrogen) atoms. The monoisotopic (exact) mass is 349 g/mol. The van der Waals surface area contributed by atoms with Crippen LogP contribution in [0, 0.1) is 0 Å². The van der Waals surface area contributed by atoms with E-state index >= 15 is 0 Å². The van der Waals surface area contributed by atoms with E-state index in [0.29, 0.717) is 24.6 Å². The van der Waals surface area contributed by atoms with Crippen LogP contribution < -0.4 is 10.6 Å². The number of nitrogens with zero attached hydrogens (tertiary/aromatic N) is 3. The van der Waals surface area contributed by atoms with E-state index in [1.807, 2.05) is 42.5 Å². The third kappa shape index (κ3) is 5.27. The van der Waals surface area contributed by atoms with E-state index in [4.69, 9.17) is 5.11 Å². The van der Waals surface area contributed by atoms with Crippen molar-refractivity contribution in [2.24, 2.45) is 0 Å². The first kappa shape index (κ1) is 17.3. The van der Waals surface area contributed by atoms with E-state index in [1.54, 1.807) is 18.5 Å². The Bertz CT molecular complexity index is 853. The molecule has 0 saturated carbocycles. The molecule has 0 aliphatic rings. The maximum Gasteiger partial charge on any atom is 0.303 e. The summed E-state index contributed by atoms with van der Waals surface area (Å²) in [6, 6.07) is 15.4. The van der Waals surface area contributed by atoms with Crippen LogP contribution in [0.1, 0.15) is 17.7 Å². The molecule has 2 aromatic heterocycles. The molecule has 0 atom stereocenters. The Morgan fingerprint density at radius 2 is 1.85 bits per heavy atom. The van der Waals surface area contributed by atoms with E-state index in [1.165, 1.54) is 0 Å². The second-order valence-corrected chi connectivity index (χ2v) is 5.66. The lowest BCUT2D eigenvalue weighted by molar-refractivity contribution is -0.136. The van der Waals surface area contributed by atoms with Crippen LogP contribution in [-0.2, 0) is 17.8 Å². The average molecular weight is 349 g/mol. The van der Waals surface area contributed by atoms with Gasteiger partial charge in [-0.2, -0.15) is 0 Å². The van der Waals surface area contributed by atoms with Gasteiger partial charge in [-0.15, -0.1) is 0 Å². The summed E-state index contributed by atoms with van der Waals surface area (Å²) in [5.41, 5.74) is 2.68. The molecular formula is C19H19N5O2. The molecule has 7 heteroatoms. The van der Waals surface area contributed by atoms with E-state index in [-0.39, 0.29) is 6.42 Å². The summed E-state index contributed by atoms with van der Waals surface area (Å²) in [6.45, 7) is 0.679. The number of hydrogen-bond acceptors (Lipinski definition) is 6. The number of carboxylic acids is 1. The van der Waals surface area contributed by atoms with Crippen molar-refractivity contribution in [2.45, 2.75) is 19.4 Å². The number of benzene rings is 1. The van der Waals surface area contributed by atoms with Crippen molar-refractivity contribution in [1.29, 1.82) is 0 Å². The Balaban J connectivity index is 1.57. The second-order valence-electron chi connectivity index (χ2n) is 5.66. The summed E-state index contributed by atoms with van der Waals surface area (Å²) in [7, 11) is 0. The SMILES string of the molecule is O=C(O)CCc1ccnc(Nc2ccc(CNc3ccccn3)cc2)n1. The van der Waals surface area contributed by atoms with Crippen LogP contribution in [0.15, 0.2) is 60.9 Å². The smallest absolute Gasteiger partial charge is 0.303 e. The van der Waals surface area contributed by atoms with Crippen molar-refractivity contribution in [3.05, 3.63) is 72.2 Å². The van der Waals surface area contributed by atoms with Gasteiger partial charge >= 0.3 is 5.97 Å². The molecule has 0 aliphatic heterocycles. The first-order valence-corrected chi connectivity index (χ1v) is 8.23. The third-order valence-electron chi connectivity index (χ3n) is 3.66. The zero-order valence-corrected chi connectivity index (χ0v) is 14.1. The van der Waals surface area contributed by atoms with E-state index in [0.717, 1.165) is 17.1 Å². The standard InChI is InChI=1S/C19H19N5O2/c25-18(26)9-8-16-10-12-21-19(24-16)23-15-6-4-14(5-7-15)13-22-17-3-1-2-11-20-17/h1-7,10-12H,8-9,13H2,(H,20,22)(H,25,26)(H,21,23,24). The molecule has 3 N–H and O–H groups in total. The maximum atomic E-state index is 10.7. The molecule has 132 valence electrons. The Kier molecular flexibility index (Phi) is 5.72. The van der Waals surface area contributed by atoms with Gasteiger partial charge < -0.3 is 15.7 Å². The van der Waals surface area contributed by atoms with Crippen molar-refractivity contribution >= 4 is 23.4 Å². The number of aromatic nitrogens is 3. The third-order valence-corrected chi connectivity index (χ3v) is 3.66. The van der Waals surface area contributed by atoms with Crippen LogP contribution >= 0.6 is 0 Å². The predicted octanol–water partition coefficient (Wildman–Crippen LogP) is 3.24. The van der Waals surface area contributed by atoms with Gasteiger partial charge in [-0.25, -0.2) is 15.0 Å². The van der Waals surface area contributed by atoms with E-state index < -0.39 is 5.97 Å². The van der Waals surface area contributed by atoms with Gasteiger partial charge in [0, 0.05) is 36.7 Å². The first-order chi connectivity index (χ1) is 12.7. The Hall–Kier alpha value is -3.48. The summed E-state index contributed by atoms with van der Waals surface area (Å²) in [5, 5.41) is 15.1. The molecule has 0 radical (unpaired) electrons. The van der Waals surface area contributed by atoms with Gasteiger partial charge in [0.1, 0.15) is 5.82 Å². The van der Waals surface area contributed by atoms with Crippen LogP contribution in [-0.4, -0.2) is 26.0 Å². The molecule has 3 aromatic rings. The van der Waals surface area contributed by atoms with Crippen LogP contribution in [0.4, 0.5) is 17.5 Å². The molecule has 0 spiro atoms. The van der Waals surface area contributed by atoms with Gasteiger partial charge in [0.2, 0.25) is 5.95 Å². The van der Waals surface area contributed by atoms with Crippen molar-refractivity contribution in [3.8, 4) is 0 Å². The number of carbonyl (C=O) groups is 1. The van der Waals surface area contributed by atoms with Gasteiger partial charge in [0.25, 0.3) is 0 Å². The minimum absolute atomic E-state index is 0.0500. The quantitative estimate of drug-likeness (QED) is 0.574. The number of hydrogen-bond donors (Lipinski definition) is 3. The first-order valence-electron chi connectivity index (χ1n) is 8.23. The second kappa shape index (κ2) is 8.57. The van der Waals surface area contributed by atoms with Crippen LogP contribution in [0.3, 0.4) is 0 Å². The highest BCUT2D eigenvalue weighted by molar-refractivity contribution is 5.67. The number of anilines is 3. The molecule has 1 aromatic carbocycles. The molecule has 0 unspecified atom stereocenters. The van der Waals surface area contributed by atoms with Gasteiger partial charge in [-0.1, -0.05) is 18.2 Å². The Labute approximate surface area is 151 Å². The summed E-state index contributed by atoms with van der Waals surface area (Å²) in [4.78, 5) is 23.4. The number of carboxylic acid groups (broad SMARTS) is 1. The van der Waals surface area contributed by atoms with Gasteiger partial charge in [0.05, 0.1) is 6.42 Å². The van der Waals surface area contributed by atoms with E-state index in [2.05, 4.69) is 25.6 Å². The lowest BCUT2D eigenvalue weighted by Gasteiger charge is -2.08. The largest absolute Gasteiger partial charge is 0.481 e. The highest BCUT2D eigenvalue weighted by Crippen LogP contribution is 2.15. The fourth-order valence-electron chi connectivity index (χ4n) is 2.33. The molecule has 0 fully saturated rings. The predicted molar refractivity (Wildman–Crippen MR) is 99.3 cm³/mol. The summed E-state index contributed by atoms with van der Waals surface area (Å²) < 4.78 is 0. The fraction of sp³-hybridized carbons (Fsp3) is 0.158. The summed E-state index contributed by atoms with van der Waals surface area (Å²) in [6.07, 6.45) is 3.80. The Morgan fingerprint density at radius 3 is 2.58 bits per heavy atom. The maximum absolute atomic E-state index is 10.7. The van der Waals surface area contributed by atoms with Gasteiger partial charge in [-0.3, -0.25) is 4.79 Å². The van der Waals surface area contributed by atoms with Gasteiger partial charge in [-0.05, 0) is 35.9 Å². The molecule has 0 amide bonds. The minimum Gasteiger partial charge on any atom is -0.481 e. The molecular weight excluding hydrogens is 330 g/mol. The normalized spacial score (nSPS) is 10.3.